The third kappa shape index (κ3) is 4.44. The quantitative estimate of drug-likeness (QED) is 0.350. The first kappa shape index (κ1) is 23.9. The van der Waals surface area contributed by atoms with Gasteiger partial charge in [0.2, 0.25) is 5.95 Å². The van der Waals surface area contributed by atoms with Crippen LogP contribution < -0.4 is 20.7 Å². The van der Waals surface area contributed by atoms with Crippen LogP contribution in [0.25, 0.3) is 22.2 Å². The van der Waals surface area contributed by atoms with Gasteiger partial charge in [-0.2, -0.15) is 0 Å². The molecule has 0 fully saturated rings. The summed E-state index contributed by atoms with van der Waals surface area (Å²) in [6.07, 6.45) is 6.40. The minimum atomic E-state index is 0.508. The summed E-state index contributed by atoms with van der Waals surface area (Å²) < 4.78 is 8.08. The van der Waals surface area contributed by atoms with Gasteiger partial charge in [0, 0.05) is 56.1 Å². The van der Waals surface area contributed by atoms with Crippen LogP contribution in [-0.4, -0.2) is 60.8 Å². The van der Waals surface area contributed by atoms with Crippen LogP contribution in [0, 0.1) is 6.92 Å². The second-order valence-electron chi connectivity index (χ2n) is 9.84. The lowest BCUT2D eigenvalue weighted by molar-refractivity contribution is 0.413. The Morgan fingerprint density at radius 1 is 1.17 bits per heavy atom. The van der Waals surface area contributed by atoms with Crippen LogP contribution in [0.3, 0.4) is 0 Å². The molecule has 0 unspecified atom stereocenters. The van der Waals surface area contributed by atoms with E-state index in [-0.39, 0.29) is 0 Å². The van der Waals surface area contributed by atoms with Crippen LogP contribution in [0.15, 0.2) is 42.7 Å². The molecule has 36 heavy (non-hydrogen) atoms. The normalized spacial score (nSPS) is 12.8. The van der Waals surface area contributed by atoms with E-state index in [1.165, 1.54) is 16.5 Å². The van der Waals surface area contributed by atoms with Crippen LogP contribution in [0.5, 0.6) is 5.75 Å². The highest BCUT2D eigenvalue weighted by Gasteiger charge is 2.20. The number of rotatable bonds is 8. The molecule has 1 aliphatic rings. The van der Waals surface area contributed by atoms with E-state index in [0.29, 0.717) is 17.4 Å². The van der Waals surface area contributed by atoms with Crippen molar-refractivity contribution >= 4 is 33.9 Å². The molecule has 0 bridgehead atoms. The monoisotopic (exact) mass is 485 g/mol. The lowest BCUT2D eigenvalue weighted by atomic mass is 10.0. The van der Waals surface area contributed by atoms with Gasteiger partial charge in [0.25, 0.3) is 0 Å². The number of methoxy groups -OCH3 is 1. The summed E-state index contributed by atoms with van der Waals surface area (Å²) in [6.45, 7) is 4.88. The van der Waals surface area contributed by atoms with Gasteiger partial charge in [0.1, 0.15) is 5.75 Å². The fourth-order valence-corrected chi connectivity index (χ4v) is 4.99. The highest BCUT2D eigenvalue weighted by molar-refractivity contribution is 5.98. The van der Waals surface area contributed by atoms with Gasteiger partial charge in [0.05, 0.1) is 35.4 Å². The first-order chi connectivity index (χ1) is 17.4. The van der Waals surface area contributed by atoms with Crippen LogP contribution in [-0.2, 0) is 13.0 Å². The molecular weight excluding hydrogens is 450 g/mol. The molecule has 2 aromatic carbocycles. The topological polar surface area (TPSA) is 84.5 Å². The Hall–Kier alpha value is -3.78. The number of nitrogen functional groups attached to an aromatic ring is 1. The number of hydrogen-bond donors (Lipinski definition) is 2. The van der Waals surface area contributed by atoms with Crippen molar-refractivity contribution in [2.75, 3.05) is 57.3 Å². The van der Waals surface area contributed by atoms with Gasteiger partial charge in [-0.15, -0.1) is 0 Å². The van der Waals surface area contributed by atoms with E-state index in [1.807, 2.05) is 25.4 Å². The number of aryl methyl sites for hydroxylation is 3. The second kappa shape index (κ2) is 9.70. The first-order valence-electron chi connectivity index (χ1n) is 12.4. The summed E-state index contributed by atoms with van der Waals surface area (Å²) >= 11 is 0. The van der Waals surface area contributed by atoms with Crippen molar-refractivity contribution in [3.05, 3.63) is 53.9 Å². The van der Waals surface area contributed by atoms with Crippen LogP contribution >= 0.6 is 0 Å². The van der Waals surface area contributed by atoms with E-state index in [2.05, 4.69) is 70.1 Å². The fraction of sp³-hybridized carbons (Fsp3) is 0.357. The molecule has 5 rings (SSSR count). The zero-order valence-electron chi connectivity index (χ0n) is 21.8. The van der Waals surface area contributed by atoms with E-state index in [1.54, 1.807) is 7.11 Å². The van der Waals surface area contributed by atoms with E-state index in [0.717, 1.165) is 60.7 Å². The zero-order chi connectivity index (χ0) is 25.4. The predicted molar refractivity (Wildman–Crippen MR) is 149 cm³/mol. The van der Waals surface area contributed by atoms with E-state index in [4.69, 9.17) is 15.5 Å². The molecule has 0 radical (unpaired) electrons. The van der Waals surface area contributed by atoms with Gasteiger partial charge in [0.15, 0.2) is 0 Å². The van der Waals surface area contributed by atoms with Crippen molar-refractivity contribution in [3.63, 3.8) is 0 Å². The number of nitrogens with zero attached hydrogens (tertiary/aromatic N) is 5. The molecule has 8 heteroatoms. The summed E-state index contributed by atoms with van der Waals surface area (Å²) in [5.41, 5.74) is 14.6. The summed E-state index contributed by atoms with van der Waals surface area (Å²) in [5.74, 6) is 1.20. The largest absolute Gasteiger partial charge is 0.494 e. The molecule has 0 saturated carbocycles. The van der Waals surface area contributed by atoms with Crippen molar-refractivity contribution in [2.45, 2.75) is 26.3 Å². The molecule has 1 aliphatic heterocycles. The number of nitrogens with two attached hydrogens (primary N) is 1. The van der Waals surface area contributed by atoms with Gasteiger partial charge in [-0.25, -0.2) is 9.97 Å². The Balaban J connectivity index is 1.49. The molecule has 0 spiro atoms. The molecule has 0 saturated heterocycles. The highest BCUT2D eigenvalue weighted by atomic mass is 16.5. The van der Waals surface area contributed by atoms with Crippen LogP contribution in [0.2, 0.25) is 0 Å². The summed E-state index contributed by atoms with van der Waals surface area (Å²) in [4.78, 5) is 13.8. The second-order valence-corrected chi connectivity index (χ2v) is 9.84. The maximum Gasteiger partial charge on any atom is 0.227 e. The van der Waals surface area contributed by atoms with Gasteiger partial charge in [-0.1, -0.05) is 18.2 Å². The zero-order valence-corrected chi connectivity index (χ0v) is 21.8. The molecule has 3 heterocycles. The average Bonchev–Trinajstić information content (AvgIpc) is 3.24. The predicted octanol–water partition coefficient (Wildman–Crippen LogP) is 4.69. The Bertz CT molecular complexity index is 1410. The SMILES string of the molecule is COc1cc(N(C)CCN(C)C)c(N)cc1Nc1ncc(C)c(-c2cn3c4c(cccc24)CCC3)n1. The van der Waals surface area contributed by atoms with Crippen molar-refractivity contribution < 1.29 is 4.74 Å². The van der Waals surface area contributed by atoms with E-state index >= 15 is 0 Å². The summed E-state index contributed by atoms with van der Waals surface area (Å²) in [6, 6.07) is 10.4. The van der Waals surface area contributed by atoms with Crippen molar-refractivity contribution in [1.82, 2.24) is 19.4 Å². The lowest BCUT2D eigenvalue weighted by Crippen LogP contribution is -2.29. The maximum absolute atomic E-state index is 6.46. The van der Waals surface area contributed by atoms with Crippen LogP contribution in [0.1, 0.15) is 17.5 Å². The molecule has 2 aromatic heterocycles. The number of para-hydroxylation sites is 1. The summed E-state index contributed by atoms with van der Waals surface area (Å²) in [7, 11) is 7.82. The highest BCUT2D eigenvalue weighted by Crippen LogP contribution is 2.38. The summed E-state index contributed by atoms with van der Waals surface area (Å²) in [5, 5.41) is 4.59. The van der Waals surface area contributed by atoms with Gasteiger partial charge < -0.3 is 30.2 Å². The number of benzene rings is 2. The molecular formula is C28H35N7O. The number of likely N-dealkylation sites (N-methyl/N-ethyl adjacent to an activating group) is 2. The standard InChI is InChI=1S/C28H35N7O/c1-18-16-30-28(31-23-14-22(29)24(15-25(23)36-5)34(4)13-12-33(2)3)32-26(18)21-17-35-11-7-9-19-8-6-10-20(21)27(19)35/h6,8,10,14-17H,7,9,11-13,29H2,1-5H3,(H,30,31,32). The molecule has 0 atom stereocenters. The molecule has 4 aromatic rings. The van der Waals surface area contributed by atoms with Gasteiger partial charge in [-0.3, -0.25) is 0 Å². The minimum absolute atomic E-state index is 0.508. The lowest BCUT2D eigenvalue weighted by Gasteiger charge is -2.24. The Morgan fingerprint density at radius 2 is 2.00 bits per heavy atom. The van der Waals surface area contributed by atoms with E-state index < -0.39 is 0 Å². The Kier molecular flexibility index (Phi) is 6.45. The number of hydrogen-bond acceptors (Lipinski definition) is 7. The average molecular weight is 486 g/mol. The van der Waals surface area contributed by atoms with Crippen molar-refractivity contribution in [1.29, 1.82) is 0 Å². The van der Waals surface area contributed by atoms with Crippen molar-refractivity contribution in [3.8, 4) is 17.0 Å². The molecule has 3 N–H and O–H groups in total. The molecule has 8 nitrogen and oxygen atoms in total. The Labute approximate surface area is 212 Å². The number of nitrogens with one attached hydrogen (secondary N) is 1. The van der Waals surface area contributed by atoms with Gasteiger partial charge in [-0.05, 0) is 51.1 Å². The molecule has 0 amide bonds. The van der Waals surface area contributed by atoms with Crippen LogP contribution in [0.4, 0.5) is 23.0 Å². The smallest absolute Gasteiger partial charge is 0.227 e. The Morgan fingerprint density at radius 3 is 2.78 bits per heavy atom. The number of anilines is 4. The minimum Gasteiger partial charge on any atom is -0.494 e. The van der Waals surface area contributed by atoms with Crippen molar-refractivity contribution in [2.24, 2.45) is 0 Å². The van der Waals surface area contributed by atoms with Gasteiger partial charge >= 0.3 is 0 Å². The third-order valence-electron chi connectivity index (χ3n) is 6.94. The number of aromatic nitrogens is 3. The van der Waals surface area contributed by atoms with E-state index in [9.17, 15) is 0 Å². The number of ether oxygens (including phenoxy) is 1. The molecule has 188 valence electrons. The fourth-order valence-electron chi connectivity index (χ4n) is 4.99. The third-order valence-corrected chi connectivity index (χ3v) is 6.94. The molecule has 0 aliphatic carbocycles. The maximum atomic E-state index is 6.46. The first-order valence-corrected chi connectivity index (χ1v) is 12.4.